The molecular weight excluding hydrogens is 354 g/mol. The molecule has 0 atom stereocenters. The fourth-order valence-corrected chi connectivity index (χ4v) is 3.26. The van der Waals surface area contributed by atoms with Crippen LogP contribution in [0.5, 0.6) is 5.75 Å². The van der Waals surface area contributed by atoms with Crippen molar-refractivity contribution in [2.24, 2.45) is 0 Å². The highest BCUT2D eigenvalue weighted by atomic mass is 16.5. The van der Waals surface area contributed by atoms with Crippen molar-refractivity contribution in [1.82, 2.24) is 14.7 Å². The van der Waals surface area contributed by atoms with Crippen LogP contribution in [0.1, 0.15) is 11.1 Å². The van der Waals surface area contributed by atoms with E-state index in [-0.39, 0.29) is 18.5 Å². The Balaban J connectivity index is 1.45. The van der Waals surface area contributed by atoms with E-state index >= 15 is 0 Å². The van der Waals surface area contributed by atoms with Crippen LogP contribution in [0.25, 0.3) is 0 Å². The highest BCUT2D eigenvalue weighted by molar-refractivity contribution is 5.79. The van der Waals surface area contributed by atoms with Gasteiger partial charge in [-0.25, -0.2) is 4.79 Å². The number of amides is 3. The number of carbonyl (C=O) groups is 2. The van der Waals surface area contributed by atoms with Crippen LogP contribution < -0.4 is 4.74 Å². The topological polar surface area (TPSA) is 53.1 Å². The van der Waals surface area contributed by atoms with E-state index in [1.165, 1.54) is 0 Å². The highest BCUT2D eigenvalue weighted by Gasteiger charge is 2.26. The molecule has 0 radical (unpaired) electrons. The standard InChI is InChI=1S/C22H27N3O3/c1-18-8-6-7-11-20(18)28-17-21(26)24-12-14-25(15-13-24)22(27)23(2)16-19-9-4-3-5-10-19/h3-11H,12-17H2,1-2H3. The third-order valence-electron chi connectivity index (χ3n) is 4.94. The van der Waals surface area contributed by atoms with Gasteiger partial charge in [0.2, 0.25) is 0 Å². The van der Waals surface area contributed by atoms with Gasteiger partial charge >= 0.3 is 6.03 Å². The van der Waals surface area contributed by atoms with E-state index in [1.807, 2.05) is 68.6 Å². The molecule has 1 saturated heterocycles. The van der Waals surface area contributed by atoms with Crippen molar-refractivity contribution < 1.29 is 14.3 Å². The minimum atomic E-state index is -0.0482. The van der Waals surface area contributed by atoms with Gasteiger partial charge in [-0.15, -0.1) is 0 Å². The second-order valence-electron chi connectivity index (χ2n) is 7.05. The van der Waals surface area contributed by atoms with Gasteiger partial charge in [-0.1, -0.05) is 48.5 Å². The lowest BCUT2D eigenvalue weighted by atomic mass is 10.2. The van der Waals surface area contributed by atoms with Crippen molar-refractivity contribution in [3.05, 3.63) is 65.7 Å². The number of hydrogen-bond donors (Lipinski definition) is 0. The second kappa shape index (κ2) is 9.26. The molecule has 28 heavy (non-hydrogen) atoms. The Kier molecular flexibility index (Phi) is 6.53. The molecule has 0 aliphatic carbocycles. The van der Waals surface area contributed by atoms with Crippen molar-refractivity contribution in [3.63, 3.8) is 0 Å². The van der Waals surface area contributed by atoms with Crippen molar-refractivity contribution >= 4 is 11.9 Å². The van der Waals surface area contributed by atoms with Crippen LogP contribution in [0.4, 0.5) is 4.79 Å². The summed E-state index contributed by atoms with van der Waals surface area (Å²) in [4.78, 5) is 30.4. The first-order chi connectivity index (χ1) is 13.5. The van der Waals surface area contributed by atoms with E-state index in [4.69, 9.17) is 4.74 Å². The molecule has 0 unspecified atom stereocenters. The summed E-state index contributed by atoms with van der Waals surface area (Å²) in [5.41, 5.74) is 2.10. The summed E-state index contributed by atoms with van der Waals surface area (Å²) in [7, 11) is 1.81. The van der Waals surface area contributed by atoms with Gasteiger partial charge < -0.3 is 19.4 Å². The van der Waals surface area contributed by atoms with Crippen molar-refractivity contribution in [2.75, 3.05) is 39.8 Å². The molecule has 2 aromatic rings. The maximum atomic E-state index is 12.7. The van der Waals surface area contributed by atoms with Crippen molar-refractivity contribution in [3.8, 4) is 5.75 Å². The zero-order chi connectivity index (χ0) is 19.9. The van der Waals surface area contributed by atoms with Gasteiger partial charge in [-0.3, -0.25) is 4.79 Å². The first kappa shape index (κ1) is 19.7. The number of nitrogens with zero attached hydrogens (tertiary/aromatic N) is 3. The molecule has 0 bridgehead atoms. The number of benzene rings is 2. The van der Waals surface area contributed by atoms with Crippen LogP contribution in [0.3, 0.4) is 0 Å². The van der Waals surface area contributed by atoms with Gasteiger partial charge in [-0.05, 0) is 24.1 Å². The van der Waals surface area contributed by atoms with Crippen LogP contribution in [0.15, 0.2) is 54.6 Å². The van der Waals surface area contributed by atoms with Crippen LogP contribution in [0, 0.1) is 6.92 Å². The predicted octanol–water partition coefficient (Wildman–Crippen LogP) is 2.77. The zero-order valence-electron chi connectivity index (χ0n) is 16.5. The number of aryl methyl sites for hydroxylation is 1. The number of carbonyl (C=O) groups excluding carboxylic acids is 2. The molecule has 0 spiro atoms. The van der Waals surface area contributed by atoms with E-state index in [2.05, 4.69) is 0 Å². The lowest BCUT2D eigenvalue weighted by Crippen LogP contribution is -2.54. The summed E-state index contributed by atoms with van der Waals surface area (Å²) in [6.45, 7) is 4.68. The highest BCUT2D eigenvalue weighted by Crippen LogP contribution is 2.16. The minimum Gasteiger partial charge on any atom is -0.484 e. The van der Waals surface area contributed by atoms with E-state index in [1.54, 1.807) is 14.7 Å². The Morgan fingerprint density at radius 1 is 0.929 bits per heavy atom. The Morgan fingerprint density at radius 2 is 1.54 bits per heavy atom. The minimum absolute atomic E-state index is 0.00730. The molecule has 6 nitrogen and oxygen atoms in total. The molecular formula is C22H27N3O3. The van der Waals surface area contributed by atoms with Gasteiger partial charge in [0.15, 0.2) is 6.61 Å². The Labute approximate surface area is 166 Å². The average molecular weight is 381 g/mol. The summed E-state index contributed by atoms with van der Waals surface area (Å²) in [6.07, 6.45) is 0. The van der Waals surface area contributed by atoms with Crippen LogP contribution >= 0.6 is 0 Å². The average Bonchev–Trinajstić information content (AvgIpc) is 2.73. The fourth-order valence-electron chi connectivity index (χ4n) is 3.26. The van der Waals surface area contributed by atoms with E-state index in [0.29, 0.717) is 32.7 Å². The van der Waals surface area contributed by atoms with Crippen molar-refractivity contribution in [2.45, 2.75) is 13.5 Å². The molecule has 1 heterocycles. The van der Waals surface area contributed by atoms with Gasteiger partial charge in [0, 0.05) is 39.8 Å². The third-order valence-corrected chi connectivity index (χ3v) is 4.94. The van der Waals surface area contributed by atoms with Crippen LogP contribution in [-0.2, 0) is 11.3 Å². The molecule has 6 heteroatoms. The maximum Gasteiger partial charge on any atom is 0.320 e. The Bertz CT molecular complexity index is 802. The molecule has 1 aliphatic heterocycles. The van der Waals surface area contributed by atoms with Gasteiger partial charge in [0.05, 0.1) is 0 Å². The molecule has 0 saturated carbocycles. The molecule has 0 aromatic heterocycles. The number of rotatable bonds is 5. The summed E-state index contributed by atoms with van der Waals surface area (Å²) in [6, 6.07) is 17.6. The first-order valence-electron chi connectivity index (χ1n) is 9.55. The SMILES string of the molecule is Cc1ccccc1OCC(=O)N1CCN(C(=O)N(C)Cc2ccccc2)CC1. The number of ether oxygens (including phenoxy) is 1. The largest absolute Gasteiger partial charge is 0.484 e. The lowest BCUT2D eigenvalue weighted by molar-refractivity contribution is -0.134. The molecule has 3 amide bonds. The number of hydrogen-bond acceptors (Lipinski definition) is 3. The molecule has 1 aliphatic rings. The third kappa shape index (κ3) is 5.03. The normalized spacial score (nSPS) is 13.9. The zero-order valence-corrected chi connectivity index (χ0v) is 16.5. The maximum absolute atomic E-state index is 12.7. The van der Waals surface area contributed by atoms with E-state index in [0.717, 1.165) is 16.9 Å². The molecule has 1 fully saturated rings. The monoisotopic (exact) mass is 381 g/mol. The first-order valence-corrected chi connectivity index (χ1v) is 9.55. The summed E-state index contributed by atoms with van der Waals surface area (Å²) < 4.78 is 5.65. The fraction of sp³-hybridized carbons (Fsp3) is 0.364. The second-order valence-corrected chi connectivity index (χ2v) is 7.05. The quantitative estimate of drug-likeness (QED) is 0.800. The summed E-state index contributed by atoms with van der Waals surface area (Å²) in [5, 5.41) is 0. The molecule has 0 N–H and O–H groups in total. The van der Waals surface area contributed by atoms with E-state index in [9.17, 15) is 9.59 Å². The van der Waals surface area contributed by atoms with Crippen LogP contribution in [-0.4, -0.2) is 66.5 Å². The molecule has 148 valence electrons. The molecule has 3 rings (SSSR count). The smallest absolute Gasteiger partial charge is 0.320 e. The summed E-state index contributed by atoms with van der Waals surface area (Å²) >= 11 is 0. The Hall–Kier alpha value is -3.02. The van der Waals surface area contributed by atoms with Gasteiger partial charge in [0.25, 0.3) is 5.91 Å². The van der Waals surface area contributed by atoms with E-state index < -0.39 is 0 Å². The van der Waals surface area contributed by atoms with Gasteiger partial charge in [-0.2, -0.15) is 0 Å². The summed E-state index contributed by atoms with van der Waals surface area (Å²) in [5.74, 6) is 0.681. The van der Waals surface area contributed by atoms with Crippen molar-refractivity contribution in [1.29, 1.82) is 0 Å². The Morgan fingerprint density at radius 3 is 2.21 bits per heavy atom. The predicted molar refractivity (Wildman–Crippen MR) is 108 cm³/mol. The number of piperazine rings is 1. The number of urea groups is 1. The number of para-hydroxylation sites is 1. The molecule has 2 aromatic carbocycles. The lowest BCUT2D eigenvalue weighted by Gasteiger charge is -2.36. The van der Waals surface area contributed by atoms with Crippen LogP contribution in [0.2, 0.25) is 0 Å². The van der Waals surface area contributed by atoms with Gasteiger partial charge in [0.1, 0.15) is 5.75 Å².